The molecular formula is C29H25FN8O2. The third-order valence-corrected chi connectivity index (χ3v) is 6.08. The van der Waals surface area contributed by atoms with E-state index in [-0.39, 0.29) is 23.2 Å². The van der Waals surface area contributed by atoms with E-state index in [1.165, 1.54) is 17.0 Å². The van der Waals surface area contributed by atoms with Gasteiger partial charge in [0.1, 0.15) is 11.3 Å². The van der Waals surface area contributed by atoms with Crippen LogP contribution in [0.1, 0.15) is 16.1 Å². The minimum absolute atomic E-state index is 0.0368. The molecule has 0 aliphatic carbocycles. The summed E-state index contributed by atoms with van der Waals surface area (Å²) in [5.74, 6) is -0.461. The fourth-order valence-corrected chi connectivity index (χ4v) is 3.96. The predicted molar refractivity (Wildman–Crippen MR) is 152 cm³/mol. The molecule has 0 spiro atoms. The van der Waals surface area contributed by atoms with Crippen LogP contribution in [-0.2, 0) is 0 Å². The normalized spacial score (nSPS) is 10.8. The number of carbonyl (C=O) groups is 2. The monoisotopic (exact) mass is 536 g/mol. The van der Waals surface area contributed by atoms with Gasteiger partial charge in [-0.3, -0.25) is 14.8 Å². The SMILES string of the molecule is Cc1ccc(-c2cnc3c(N)nc(-c4ccc(NC(=O)Nc5ccc(C(=O)N(C)C)cc5)c(F)c4)nc3c2)cn1. The first-order valence-corrected chi connectivity index (χ1v) is 12.2. The zero-order chi connectivity index (χ0) is 28.4. The summed E-state index contributed by atoms with van der Waals surface area (Å²) in [5, 5.41) is 5.10. The average molecular weight is 537 g/mol. The lowest BCUT2D eigenvalue weighted by atomic mass is 10.1. The van der Waals surface area contributed by atoms with Crippen LogP contribution >= 0.6 is 0 Å². The lowest BCUT2D eigenvalue weighted by Crippen LogP contribution is -2.22. The number of aryl methyl sites for hydroxylation is 1. The van der Waals surface area contributed by atoms with E-state index in [4.69, 9.17) is 5.73 Å². The van der Waals surface area contributed by atoms with Crippen LogP contribution in [0.4, 0.5) is 26.4 Å². The Morgan fingerprint density at radius 2 is 1.57 bits per heavy atom. The smallest absolute Gasteiger partial charge is 0.323 e. The number of carbonyl (C=O) groups excluding carboxylic acids is 2. The molecule has 11 heteroatoms. The molecule has 0 saturated heterocycles. The number of rotatable bonds is 5. The van der Waals surface area contributed by atoms with Crippen LogP contribution in [0.15, 0.2) is 73.1 Å². The van der Waals surface area contributed by atoms with E-state index in [0.717, 1.165) is 16.8 Å². The van der Waals surface area contributed by atoms with Crippen LogP contribution in [0.5, 0.6) is 0 Å². The Bertz CT molecular complexity index is 1740. The Balaban J connectivity index is 1.34. The molecule has 40 heavy (non-hydrogen) atoms. The lowest BCUT2D eigenvalue weighted by molar-refractivity contribution is 0.0827. The van der Waals surface area contributed by atoms with Crippen molar-refractivity contribution >= 4 is 40.2 Å². The Hall–Kier alpha value is -5.45. The fraction of sp³-hybridized carbons (Fsp3) is 0.103. The maximum absolute atomic E-state index is 15.0. The van der Waals surface area contributed by atoms with E-state index in [9.17, 15) is 14.0 Å². The highest BCUT2D eigenvalue weighted by Crippen LogP contribution is 2.28. The lowest BCUT2D eigenvalue weighted by Gasteiger charge is -2.12. The minimum Gasteiger partial charge on any atom is -0.382 e. The number of hydrogen-bond donors (Lipinski definition) is 3. The molecule has 0 aliphatic rings. The molecule has 3 heterocycles. The average Bonchev–Trinajstić information content (AvgIpc) is 2.94. The van der Waals surface area contributed by atoms with Crippen LogP contribution in [0.25, 0.3) is 33.5 Å². The van der Waals surface area contributed by atoms with Crippen LogP contribution in [0, 0.1) is 12.7 Å². The van der Waals surface area contributed by atoms with Crippen molar-refractivity contribution in [3.8, 4) is 22.5 Å². The van der Waals surface area contributed by atoms with Gasteiger partial charge in [0.25, 0.3) is 5.91 Å². The number of amides is 3. The molecular weight excluding hydrogens is 511 g/mol. The van der Waals surface area contributed by atoms with Crippen molar-refractivity contribution in [2.45, 2.75) is 6.92 Å². The summed E-state index contributed by atoms with van der Waals surface area (Å²) in [6.45, 7) is 1.91. The van der Waals surface area contributed by atoms with Crippen LogP contribution in [0.3, 0.4) is 0 Å². The quantitative estimate of drug-likeness (QED) is 0.283. The van der Waals surface area contributed by atoms with Gasteiger partial charge in [-0.2, -0.15) is 0 Å². The van der Waals surface area contributed by atoms with E-state index >= 15 is 0 Å². The molecule has 10 nitrogen and oxygen atoms in total. The van der Waals surface area contributed by atoms with Gasteiger partial charge < -0.3 is 21.3 Å². The second-order valence-corrected chi connectivity index (χ2v) is 9.26. The van der Waals surface area contributed by atoms with Crippen molar-refractivity contribution < 1.29 is 14.0 Å². The Labute approximate surface area is 229 Å². The Kier molecular flexibility index (Phi) is 7.02. The number of nitrogens with two attached hydrogens (primary N) is 1. The molecule has 0 aliphatic heterocycles. The number of pyridine rings is 2. The number of urea groups is 1. The first kappa shape index (κ1) is 26.2. The van der Waals surface area contributed by atoms with Crippen molar-refractivity contribution in [1.82, 2.24) is 24.8 Å². The van der Waals surface area contributed by atoms with Gasteiger partial charge in [-0.05, 0) is 61.5 Å². The topological polar surface area (TPSA) is 139 Å². The van der Waals surface area contributed by atoms with Gasteiger partial charge in [0, 0.05) is 60.1 Å². The van der Waals surface area contributed by atoms with Crippen molar-refractivity contribution in [2.24, 2.45) is 0 Å². The molecule has 0 fully saturated rings. The van der Waals surface area contributed by atoms with E-state index in [1.54, 1.807) is 56.8 Å². The number of hydrogen-bond acceptors (Lipinski definition) is 7. The number of halogens is 1. The first-order valence-electron chi connectivity index (χ1n) is 12.2. The number of nitrogens with one attached hydrogen (secondary N) is 2. The summed E-state index contributed by atoms with van der Waals surface area (Å²) in [6.07, 6.45) is 3.43. The molecule has 0 atom stereocenters. The molecule has 5 aromatic rings. The number of fused-ring (bicyclic) bond motifs is 1. The highest BCUT2D eigenvalue weighted by Gasteiger charge is 2.14. The summed E-state index contributed by atoms with van der Waals surface area (Å²) in [4.78, 5) is 43.5. The molecule has 3 amide bonds. The van der Waals surface area contributed by atoms with Gasteiger partial charge in [0.05, 0.1) is 11.2 Å². The minimum atomic E-state index is -0.681. The van der Waals surface area contributed by atoms with E-state index in [2.05, 4.69) is 30.6 Å². The molecule has 4 N–H and O–H groups in total. The summed E-state index contributed by atoms with van der Waals surface area (Å²) in [5.41, 5.74) is 10.9. The molecule has 0 unspecified atom stereocenters. The van der Waals surface area contributed by atoms with Crippen molar-refractivity contribution in [1.29, 1.82) is 0 Å². The number of nitrogen functional groups attached to an aromatic ring is 1. The van der Waals surface area contributed by atoms with Crippen molar-refractivity contribution in [3.63, 3.8) is 0 Å². The van der Waals surface area contributed by atoms with Gasteiger partial charge in [-0.15, -0.1) is 0 Å². The van der Waals surface area contributed by atoms with Gasteiger partial charge >= 0.3 is 6.03 Å². The molecule has 200 valence electrons. The number of benzene rings is 2. The second-order valence-electron chi connectivity index (χ2n) is 9.26. The zero-order valence-corrected chi connectivity index (χ0v) is 21.9. The summed E-state index contributed by atoms with van der Waals surface area (Å²) < 4.78 is 15.0. The van der Waals surface area contributed by atoms with Crippen LogP contribution in [-0.4, -0.2) is 50.9 Å². The summed E-state index contributed by atoms with van der Waals surface area (Å²) in [6, 6.07) is 15.6. The molecule has 0 saturated carbocycles. The van der Waals surface area contributed by atoms with Crippen molar-refractivity contribution in [2.75, 3.05) is 30.5 Å². The van der Waals surface area contributed by atoms with Gasteiger partial charge in [0.2, 0.25) is 0 Å². The molecule has 3 aromatic heterocycles. The molecule has 2 aromatic carbocycles. The predicted octanol–water partition coefficient (Wildman–Crippen LogP) is 5.13. The molecule has 5 rings (SSSR count). The van der Waals surface area contributed by atoms with Gasteiger partial charge in [-0.1, -0.05) is 6.07 Å². The van der Waals surface area contributed by atoms with E-state index in [1.807, 2.05) is 25.1 Å². The third kappa shape index (κ3) is 5.53. The summed E-state index contributed by atoms with van der Waals surface area (Å²) >= 11 is 0. The second kappa shape index (κ2) is 10.7. The fourth-order valence-electron chi connectivity index (χ4n) is 3.96. The van der Waals surface area contributed by atoms with Gasteiger partial charge in [0.15, 0.2) is 11.6 Å². The standard InChI is InChI=1S/C29H25FN8O2/c1-16-4-5-19(14-32-16)20-13-24-25(33-15-20)26(31)37-27(35-24)18-8-11-23(22(30)12-18)36-29(40)34-21-9-6-17(7-10-21)28(39)38(2)3/h4-15H,1-3H3,(H2,31,35,37)(H2,34,36,40). The van der Waals surface area contributed by atoms with Crippen LogP contribution in [0.2, 0.25) is 0 Å². The number of aromatic nitrogens is 4. The van der Waals surface area contributed by atoms with Gasteiger partial charge in [-0.25, -0.2) is 19.2 Å². The Morgan fingerprint density at radius 3 is 2.25 bits per heavy atom. The van der Waals surface area contributed by atoms with E-state index in [0.29, 0.717) is 27.8 Å². The highest BCUT2D eigenvalue weighted by molar-refractivity contribution is 6.00. The number of nitrogens with zero attached hydrogens (tertiary/aromatic N) is 5. The zero-order valence-electron chi connectivity index (χ0n) is 21.9. The van der Waals surface area contributed by atoms with Crippen molar-refractivity contribution in [3.05, 3.63) is 90.1 Å². The third-order valence-electron chi connectivity index (χ3n) is 6.08. The largest absolute Gasteiger partial charge is 0.382 e. The maximum Gasteiger partial charge on any atom is 0.323 e. The number of anilines is 3. The highest BCUT2D eigenvalue weighted by atomic mass is 19.1. The molecule has 0 radical (unpaired) electrons. The van der Waals surface area contributed by atoms with Crippen LogP contribution < -0.4 is 16.4 Å². The molecule has 0 bridgehead atoms. The first-order chi connectivity index (χ1) is 19.2. The summed E-state index contributed by atoms with van der Waals surface area (Å²) in [7, 11) is 3.31. The van der Waals surface area contributed by atoms with E-state index < -0.39 is 11.8 Å². The Morgan fingerprint density at radius 1 is 0.850 bits per heavy atom. The maximum atomic E-state index is 15.0.